The van der Waals surface area contributed by atoms with Crippen LogP contribution >= 0.6 is 0 Å². The van der Waals surface area contributed by atoms with Crippen LogP contribution in [-0.2, 0) is 17.8 Å². The first-order valence-corrected chi connectivity index (χ1v) is 7.20. The quantitative estimate of drug-likeness (QED) is 0.879. The van der Waals surface area contributed by atoms with Crippen LogP contribution in [0.3, 0.4) is 0 Å². The van der Waals surface area contributed by atoms with E-state index in [9.17, 15) is 4.79 Å². The van der Waals surface area contributed by atoms with Crippen molar-refractivity contribution in [3.8, 4) is 0 Å². The average molecular weight is 283 g/mol. The van der Waals surface area contributed by atoms with Gasteiger partial charge in [-0.3, -0.25) is 4.79 Å². The number of hydrogen-bond donors (Lipinski definition) is 1. The first kappa shape index (κ1) is 15.1. The van der Waals surface area contributed by atoms with Crippen LogP contribution in [-0.4, -0.2) is 17.6 Å². The summed E-state index contributed by atoms with van der Waals surface area (Å²) in [5.74, 6) is -0.815. The van der Waals surface area contributed by atoms with Gasteiger partial charge >= 0.3 is 5.97 Å². The molecule has 110 valence electrons. The normalized spacial score (nSPS) is 10.4. The van der Waals surface area contributed by atoms with E-state index in [4.69, 9.17) is 5.11 Å². The minimum absolute atomic E-state index is 0.00110. The number of carboxylic acids is 1. The van der Waals surface area contributed by atoms with E-state index < -0.39 is 5.97 Å². The molecule has 0 heterocycles. The number of carbonyl (C=O) groups is 1. The van der Waals surface area contributed by atoms with E-state index in [1.54, 1.807) is 0 Å². The Morgan fingerprint density at radius 3 is 2.24 bits per heavy atom. The lowest BCUT2D eigenvalue weighted by Gasteiger charge is -2.24. The summed E-state index contributed by atoms with van der Waals surface area (Å²) in [5.41, 5.74) is 4.55. The number of aliphatic carboxylic acids is 1. The highest BCUT2D eigenvalue weighted by molar-refractivity contribution is 5.73. The number of benzene rings is 2. The summed E-state index contributed by atoms with van der Waals surface area (Å²) < 4.78 is 0. The van der Waals surface area contributed by atoms with Gasteiger partial charge in [-0.05, 0) is 36.6 Å². The number of anilines is 1. The molecule has 0 unspecified atom stereocenters. The first-order chi connectivity index (χ1) is 10.1. The summed E-state index contributed by atoms with van der Waals surface area (Å²) in [7, 11) is 0. The number of rotatable bonds is 6. The van der Waals surface area contributed by atoms with Crippen LogP contribution in [0, 0.1) is 6.92 Å². The molecule has 0 saturated heterocycles. The molecule has 0 aliphatic rings. The van der Waals surface area contributed by atoms with Gasteiger partial charge in [-0.15, -0.1) is 0 Å². The van der Waals surface area contributed by atoms with E-state index in [1.165, 1.54) is 16.7 Å². The van der Waals surface area contributed by atoms with E-state index >= 15 is 0 Å². The molecule has 21 heavy (non-hydrogen) atoms. The zero-order valence-corrected chi connectivity index (χ0v) is 12.5. The van der Waals surface area contributed by atoms with Gasteiger partial charge in [-0.25, -0.2) is 0 Å². The minimum Gasteiger partial charge on any atom is -0.480 e. The standard InChI is InChI=1S/C18H21NO2/c1-3-15-6-4-5-7-16(15)12-19(13-18(20)21)17-10-8-14(2)9-11-17/h4-11H,3,12-13H2,1-2H3,(H,20,21). The van der Waals surface area contributed by atoms with Crippen LogP contribution in [0.5, 0.6) is 0 Å². The molecular formula is C18H21NO2. The molecule has 0 bridgehead atoms. The highest BCUT2D eigenvalue weighted by atomic mass is 16.4. The highest BCUT2D eigenvalue weighted by Gasteiger charge is 2.12. The molecule has 1 N–H and O–H groups in total. The van der Waals surface area contributed by atoms with E-state index in [0.29, 0.717) is 6.54 Å². The molecule has 0 spiro atoms. The third-order valence-corrected chi connectivity index (χ3v) is 3.59. The topological polar surface area (TPSA) is 40.5 Å². The zero-order valence-electron chi connectivity index (χ0n) is 12.5. The van der Waals surface area contributed by atoms with Gasteiger partial charge in [0.05, 0.1) is 0 Å². The van der Waals surface area contributed by atoms with Gasteiger partial charge in [-0.1, -0.05) is 48.9 Å². The Balaban J connectivity index is 2.28. The van der Waals surface area contributed by atoms with Crippen molar-refractivity contribution in [2.45, 2.75) is 26.8 Å². The van der Waals surface area contributed by atoms with Gasteiger partial charge in [0.2, 0.25) is 0 Å². The fourth-order valence-electron chi connectivity index (χ4n) is 2.42. The van der Waals surface area contributed by atoms with Crippen molar-refractivity contribution < 1.29 is 9.90 Å². The highest BCUT2D eigenvalue weighted by Crippen LogP contribution is 2.20. The Hall–Kier alpha value is -2.29. The van der Waals surface area contributed by atoms with Gasteiger partial charge in [-0.2, -0.15) is 0 Å². The summed E-state index contributed by atoms with van der Waals surface area (Å²) in [4.78, 5) is 13.1. The molecule has 0 fully saturated rings. The Morgan fingerprint density at radius 1 is 1.05 bits per heavy atom. The predicted molar refractivity (Wildman–Crippen MR) is 85.7 cm³/mol. The molecule has 0 aliphatic carbocycles. The Bertz CT molecular complexity index is 605. The van der Waals surface area contributed by atoms with Crippen LogP contribution < -0.4 is 4.90 Å². The maximum Gasteiger partial charge on any atom is 0.323 e. The number of hydrogen-bond acceptors (Lipinski definition) is 2. The van der Waals surface area contributed by atoms with E-state index in [2.05, 4.69) is 19.1 Å². The molecule has 2 aromatic carbocycles. The second kappa shape index (κ2) is 6.93. The second-order valence-corrected chi connectivity index (χ2v) is 5.21. The van der Waals surface area contributed by atoms with Crippen molar-refractivity contribution in [1.29, 1.82) is 0 Å². The third-order valence-electron chi connectivity index (χ3n) is 3.59. The predicted octanol–water partition coefficient (Wildman–Crippen LogP) is 3.65. The van der Waals surface area contributed by atoms with Crippen molar-refractivity contribution in [3.05, 3.63) is 65.2 Å². The average Bonchev–Trinajstić information content (AvgIpc) is 2.47. The van der Waals surface area contributed by atoms with Crippen molar-refractivity contribution in [2.75, 3.05) is 11.4 Å². The molecule has 0 aliphatic heterocycles. The SMILES string of the molecule is CCc1ccccc1CN(CC(=O)O)c1ccc(C)cc1. The molecule has 0 saturated carbocycles. The lowest BCUT2D eigenvalue weighted by molar-refractivity contribution is -0.135. The molecule has 0 amide bonds. The molecule has 0 radical (unpaired) electrons. The van der Waals surface area contributed by atoms with Gasteiger partial charge in [0.15, 0.2) is 0 Å². The van der Waals surface area contributed by atoms with Gasteiger partial charge in [0, 0.05) is 12.2 Å². The van der Waals surface area contributed by atoms with Crippen molar-refractivity contribution in [3.63, 3.8) is 0 Å². The van der Waals surface area contributed by atoms with Crippen molar-refractivity contribution in [2.24, 2.45) is 0 Å². The maximum absolute atomic E-state index is 11.2. The Kier molecular flexibility index (Phi) is 4.99. The van der Waals surface area contributed by atoms with E-state index in [1.807, 2.05) is 48.2 Å². The number of nitrogens with zero attached hydrogens (tertiary/aromatic N) is 1. The fourth-order valence-corrected chi connectivity index (χ4v) is 2.42. The van der Waals surface area contributed by atoms with Crippen molar-refractivity contribution in [1.82, 2.24) is 0 Å². The van der Waals surface area contributed by atoms with Gasteiger partial charge in [0.1, 0.15) is 6.54 Å². The monoisotopic (exact) mass is 283 g/mol. The zero-order chi connectivity index (χ0) is 15.2. The van der Waals surface area contributed by atoms with Crippen LogP contribution in [0.2, 0.25) is 0 Å². The smallest absolute Gasteiger partial charge is 0.323 e. The van der Waals surface area contributed by atoms with Crippen molar-refractivity contribution >= 4 is 11.7 Å². The summed E-state index contributed by atoms with van der Waals surface area (Å²) in [6, 6.07) is 16.2. The number of aryl methyl sites for hydroxylation is 2. The van der Waals surface area contributed by atoms with Crippen LogP contribution in [0.1, 0.15) is 23.6 Å². The van der Waals surface area contributed by atoms with Crippen LogP contribution in [0.15, 0.2) is 48.5 Å². The molecular weight excluding hydrogens is 262 g/mol. The maximum atomic E-state index is 11.2. The Labute approximate surface area is 125 Å². The molecule has 0 aromatic heterocycles. The molecule has 2 rings (SSSR count). The lowest BCUT2D eigenvalue weighted by Crippen LogP contribution is -2.29. The molecule has 0 atom stereocenters. The van der Waals surface area contributed by atoms with E-state index in [0.717, 1.165) is 12.1 Å². The number of carboxylic acid groups (broad SMARTS) is 1. The first-order valence-electron chi connectivity index (χ1n) is 7.20. The molecule has 3 heteroatoms. The van der Waals surface area contributed by atoms with Crippen LogP contribution in [0.4, 0.5) is 5.69 Å². The Morgan fingerprint density at radius 2 is 1.67 bits per heavy atom. The summed E-state index contributed by atoms with van der Waals surface area (Å²) in [5, 5.41) is 9.16. The van der Waals surface area contributed by atoms with Crippen LogP contribution in [0.25, 0.3) is 0 Å². The largest absolute Gasteiger partial charge is 0.480 e. The summed E-state index contributed by atoms with van der Waals surface area (Å²) in [6.07, 6.45) is 0.949. The van der Waals surface area contributed by atoms with Gasteiger partial charge < -0.3 is 10.0 Å². The second-order valence-electron chi connectivity index (χ2n) is 5.21. The third kappa shape index (κ3) is 4.09. The minimum atomic E-state index is -0.815. The lowest BCUT2D eigenvalue weighted by atomic mass is 10.0. The molecule has 2 aromatic rings. The molecule has 3 nitrogen and oxygen atoms in total. The van der Waals surface area contributed by atoms with Gasteiger partial charge in [0.25, 0.3) is 0 Å². The summed E-state index contributed by atoms with van der Waals surface area (Å²) in [6.45, 7) is 4.75. The fraction of sp³-hybridized carbons (Fsp3) is 0.278. The summed E-state index contributed by atoms with van der Waals surface area (Å²) >= 11 is 0. The van der Waals surface area contributed by atoms with E-state index in [-0.39, 0.29) is 6.54 Å².